The molecule has 1 saturated heterocycles. The van der Waals surface area contributed by atoms with Crippen molar-refractivity contribution in [2.24, 2.45) is 21.5 Å². The first kappa shape index (κ1) is 25.8. The third-order valence-corrected chi connectivity index (χ3v) is 6.47. The quantitative estimate of drug-likeness (QED) is 0.199. The molecule has 0 aliphatic carbocycles. The maximum absolute atomic E-state index is 7.23. The molecule has 1 aromatic rings. The molecule has 2 aliphatic rings. The second-order valence-electron chi connectivity index (χ2n) is 9.33. The van der Waals surface area contributed by atoms with Crippen molar-refractivity contribution in [2.75, 3.05) is 32.7 Å². The van der Waals surface area contributed by atoms with E-state index in [9.17, 15) is 0 Å². The van der Waals surface area contributed by atoms with Crippen LogP contribution in [0.5, 0.6) is 5.75 Å². The van der Waals surface area contributed by atoms with E-state index in [2.05, 4.69) is 32.3 Å². The Morgan fingerprint density at radius 3 is 2.35 bits per heavy atom. The summed E-state index contributed by atoms with van der Waals surface area (Å²) < 4.78 is 6.21. The molecule has 2 heterocycles. The summed E-state index contributed by atoms with van der Waals surface area (Å²) in [5.74, 6) is 2.88. The van der Waals surface area contributed by atoms with Crippen LogP contribution in [0.25, 0.3) is 0 Å². The summed E-state index contributed by atoms with van der Waals surface area (Å²) in [6.07, 6.45) is 12.2. The molecule has 1 aromatic carbocycles. The molecule has 2 aliphatic heterocycles. The first-order valence-electron chi connectivity index (χ1n) is 13.0. The topological polar surface area (TPSA) is 125 Å². The SMILES string of the molecule is N=C(N)CCCCCCCCCN=C(N)N1CCC(Oc2ccc(C3=NCCCN3)cc2)CC1. The van der Waals surface area contributed by atoms with Crippen molar-refractivity contribution in [1.29, 1.82) is 5.41 Å². The zero-order valence-corrected chi connectivity index (χ0v) is 20.6. The van der Waals surface area contributed by atoms with Crippen molar-refractivity contribution in [3.05, 3.63) is 29.8 Å². The summed E-state index contributed by atoms with van der Waals surface area (Å²) in [4.78, 5) is 11.3. The number of ether oxygens (including phenoxy) is 1. The van der Waals surface area contributed by atoms with Gasteiger partial charge in [0.1, 0.15) is 17.7 Å². The number of hydrogen-bond acceptors (Lipinski definition) is 5. The van der Waals surface area contributed by atoms with Crippen LogP contribution in [0.4, 0.5) is 0 Å². The number of hydrogen-bond donors (Lipinski definition) is 4. The van der Waals surface area contributed by atoms with Gasteiger partial charge in [-0.2, -0.15) is 0 Å². The molecule has 188 valence electrons. The fourth-order valence-corrected chi connectivity index (χ4v) is 4.42. The molecule has 1 fully saturated rings. The van der Waals surface area contributed by atoms with E-state index in [1.54, 1.807) is 0 Å². The Morgan fingerprint density at radius 1 is 1.03 bits per heavy atom. The molecule has 0 atom stereocenters. The number of amidine groups is 2. The smallest absolute Gasteiger partial charge is 0.191 e. The number of benzene rings is 1. The van der Waals surface area contributed by atoms with Crippen molar-refractivity contribution in [1.82, 2.24) is 10.2 Å². The highest BCUT2D eigenvalue weighted by atomic mass is 16.5. The van der Waals surface area contributed by atoms with Crippen LogP contribution in [0.1, 0.15) is 76.2 Å². The first-order chi connectivity index (χ1) is 16.6. The Labute approximate surface area is 204 Å². The van der Waals surface area contributed by atoms with Gasteiger partial charge in [0.15, 0.2) is 5.96 Å². The molecule has 0 unspecified atom stereocenters. The van der Waals surface area contributed by atoms with Gasteiger partial charge in [-0.3, -0.25) is 15.4 Å². The molecule has 0 saturated carbocycles. The molecule has 0 amide bonds. The fourth-order valence-electron chi connectivity index (χ4n) is 4.42. The van der Waals surface area contributed by atoms with Gasteiger partial charge in [-0.05, 0) is 43.5 Å². The first-order valence-corrected chi connectivity index (χ1v) is 13.0. The largest absolute Gasteiger partial charge is 0.490 e. The Morgan fingerprint density at radius 2 is 1.71 bits per heavy atom. The van der Waals surface area contributed by atoms with Gasteiger partial charge in [0.25, 0.3) is 0 Å². The summed E-state index contributed by atoms with van der Waals surface area (Å²) in [6.45, 7) is 4.47. The number of nitrogens with one attached hydrogen (secondary N) is 2. The molecule has 0 bridgehead atoms. The van der Waals surface area contributed by atoms with Gasteiger partial charge in [-0.25, -0.2) is 0 Å². The lowest BCUT2D eigenvalue weighted by Crippen LogP contribution is -2.45. The van der Waals surface area contributed by atoms with Crippen molar-refractivity contribution in [3.8, 4) is 5.75 Å². The fraction of sp³-hybridized carbons (Fsp3) is 0.654. The molecule has 3 rings (SSSR count). The van der Waals surface area contributed by atoms with Gasteiger partial charge >= 0.3 is 0 Å². The van der Waals surface area contributed by atoms with Gasteiger partial charge in [-0.1, -0.05) is 32.1 Å². The minimum absolute atomic E-state index is 0.218. The Kier molecular flexibility index (Phi) is 11.0. The lowest BCUT2D eigenvalue weighted by molar-refractivity contribution is 0.130. The average Bonchev–Trinajstić information content (AvgIpc) is 2.86. The highest BCUT2D eigenvalue weighted by molar-refractivity contribution is 5.99. The van der Waals surface area contributed by atoms with Crippen molar-refractivity contribution in [3.63, 3.8) is 0 Å². The highest BCUT2D eigenvalue weighted by Gasteiger charge is 2.21. The highest BCUT2D eigenvalue weighted by Crippen LogP contribution is 2.20. The number of aliphatic imine (C=N–C) groups is 2. The number of rotatable bonds is 13. The lowest BCUT2D eigenvalue weighted by atomic mass is 10.1. The van der Waals surface area contributed by atoms with E-state index in [4.69, 9.17) is 21.6 Å². The third kappa shape index (κ3) is 9.23. The zero-order valence-electron chi connectivity index (χ0n) is 20.6. The van der Waals surface area contributed by atoms with Crippen LogP contribution >= 0.6 is 0 Å². The Hall–Kier alpha value is -2.77. The standard InChI is InChI=1S/C26H43N7O/c27-24(28)9-6-4-2-1-3-5-7-16-32-26(29)33-19-14-23(15-20-33)34-22-12-10-21(11-13-22)25-30-17-8-18-31-25/h10-13,23H,1-9,14-20H2,(H3,27,28)(H2,29,32)(H,30,31). The van der Waals surface area contributed by atoms with Crippen molar-refractivity contribution in [2.45, 2.75) is 76.7 Å². The molecule has 0 aromatic heterocycles. The number of guanidine groups is 1. The van der Waals surface area contributed by atoms with E-state index in [1.807, 2.05) is 12.1 Å². The molecule has 34 heavy (non-hydrogen) atoms. The van der Waals surface area contributed by atoms with E-state index in [1.165, 1.54) is 32.1 Å². The predicted molar refractivity (Wildman–Crippen MR) is 141 cm³/mol. The molecular formula is C26H43N7O. The number of unbranched alkanes of at least 4 members (excludes halogenated alkanes) is 6. The zero-order chi connectivity index (χ0) is 24.0. The maximum Gasteiger partial charge on any atom is 0.191 e. The minimum Gasteiger partial charge on any atom is -0.490 e. The molecule has 0 spiro atoms. The van der Waals surface area contributed by atoms with E-state index in [0.717, 1.165) is 88.4 Å². The van der Waals surface area contributed by atoms with Crippen LogP contribution in [0.2, 0.25) is 0 Å². The van der Waals surface area contributed by atoms with Gasteiger partial charge < -0.3 is 26.4 Å². The van der Waals surface area contributed by atoms with Crippen LogP contribution in [0, 0.1) is 5.41 Å². The van der Waals surface area contributed by atoms with Crippen molar-refractivity contribution >= 4 is 17.6 Å². The third-order valence-electron chi connectivity index (χ3n) is 6.47. The maximum atomic E-state index is 7.23. The lowest BCUT2D eigenvalue weighted by Gasteiger charge is -2.32. The summed E-state index contributed by atoms with van der Waals surface area (Å²) in [6, 6.07) is 8.26. The average molecular weight is 470 g/mol. The van der Waals surface area contributed by atoms with Crippen LogP contribution in [-0.4, -0.2) is 61.4 Å². The molecule has 6 N–H and O–H groups in total. The van der Waals surface area contributed by atoms with Gasteiger partial charge in [0, 0.05) is 57.5 Å². The molecule has 8 nitrogen and oxygen atoms in total. The van der Waals surface area contributed by atoms with Gasteiger partial charge in [0.2, 0.25) is 0 Å². The minimum atomic E-state index is 0.218. The normalized spacial score (nSPS) is 17.2. The van der Waals surface area contributed by atoms with E-state index >= 15 is 0 Å². The van der Waals surface area contributed by atoms with E-state index in [-0.39, 0.29) is 6.10 Å². The molecular weight excluding hydrogens is 426 g/mol. The number of nitrogens with zero attached hydrogens (tertiary/aromatic N) is 3. The Balaban J connectivity index is 1.26. The van der Waals surface area contributed by atoms with Gasteiger partial charge in [0.05, 0.1) is 5.84 Å². The summed E-state index contributed by atoms with van der Waals surface area (Å²) in [5.41, 5.74) is 12.7. The summed E-state index contributed by atoms with van der Waals surface area (Å²) >= 11 is 0. The van der Waals surface area contributed by atoms with E-state index < -0.39 is 0 Å². The monoisotopic (exact) mass is 469 g/mol. The van der Waals surface area contributed by atoms with Crippen molar-refractivity contribution < 1.29 is 4.74 Å². The van der Waals surface area contributed by atoms with Gasteiger partial charge in [-0.15, -0.1) is 0 Å². The summed E-state index contributed by atoms with van der Waals surface area (Å²) in [7, 11) is 0. The number of likely N-dealkylation sites (tertiary alicyclic amines) is 1. The van der Waals surface area contributed by atoms with Crippen LogP contribution < -0.4 is 21.5 Å². The number of nitrogens with two attached hydrogens (primary N) is 2. The number of piperidine rings is 1. The molecule has 8 heteroatoms. The summed E-state index contributed by atoms with van der Waals surface area (Å²) in [5, 5.41) is 10.6. The van der Waals surface area contributed by atoms with Crippen LogP contribution in [0.15, 0.2) is 34.3 Å². The second kappa shape index (κ2) is 14.5. The second-order valence-corrected chi connectivity index (χ2v) is 9.33. The van der Waals surface area contributed by atoms with E-state index in [0.29, 0.717) is 11.8 Å². The van der Waals surface area contributed by atoms with Crippen LogP contribution in [0.3, 0.4) is 0 Å². The molecule has 0 radical (unpaired) electrons. The van der Waals surface area contributed by atoms with Crippen LogP contribution in [-0.2, 0) is 0 Å². The Bertz CT molecular complexity index is 798. The predicted octanol–water partition coefficient (Wildman–Crippen LogP) is 3.64.